The largest absolute Gasteiger partial charge is 0.434 e. The van der Waals surface area contributed by atoms with Crippen molar-refractivity contribution >= 4 is 17.4 Å². The van der Waals surface area contributed by atoms with Gasteiger partial charge in [-0.05, 0) is 37.8 Å². The van der Waals surface area contributed by atoms with Gasteiger partial charge >= 0.3 is 12.7 Å². The number of amides is 1. The van der Waals surface area contributed by atoms with Crippen molar-refractivity contribution in [3.8, 4) is 6.07 Å². The smallest absolute Gasteiger partial charge is 0.368 e. The minimum absolute atomic E-state index is 0.0447. The molecule has 0 bridgehead atoms. The van der Waals surface area contributed by atoms with Gasteiger partial charge in [-0.1, -0.05) is 6.07 Å². The Hall–Kier alpha value is -3.69. The minimum Gasteiger partial charge on any atom is -0.368 e. The number of hydrogen-bond donors (Lipinski definition) is 2. The van der Waals surface area contributed by atoms with Crippen molar-refractivity contribution in [1.82, 2.24) is 24.5 Å². The first-order chi connectivity index (χ1) is 15.7. The van der Waals surface area contributed by atoms with Crippen LogP contribution >= 0.6 is 0 Å². The quantitative estimate of drug-likeness (QED) is 0.554. The van der Waals surface area contributed by atoms with Crippen LogP contribution in [-0.2, 0) is 6.18 Å². The van der Waals surface area contributed by atoms with Gasteiger partial charge in [0.05, 0.1) is 5.56 Å². The number of anilines is 1. The minimum atomic E-state index is -4.54. The Kier molecular flexibility index (Phi) is 5.92. The fraction of sp³-hybridized carbons (Fsp3) is 0.400. The van der Waals surface area contributed by atoms with Crippen molar-refractivity contribution in [2.24, 2.45) is 0 Å². The van der Waals surface area contributed by atoms with E-state index < -0.39 is 24.3 Å². The molecule has 4 rings (SSSR count). The Morgan fingerprint density at radius 2 is 1.85 bits per heavy atom. The lowest BCUT2D eigenvalue weighted by Crippen LogP contribution is -2.40. The van der Waals surface area contributed by atoms with Gasteiger partial charge in [0.2, 0.25) is 0 Å². The number of imidazole rings is 1. The van der Waals surface area contributed by atoms with E-state index in [-0.39, 0.29) is 33.7 Å². The summed E-state index contributed by atoms with van der Waals surface area (Å²) in [5, 5.41) is 18.4. The molecule has 1 aliphatic carbocycles. The van der Waals surface area contributed by atoms with Crippen molar-refractivity contribution in [2.45, 2.75) is 50.5 Å². The number of fused-ring (bicyclic) bond motifs is 1. The third-order valence-electron chi connectivity index (χ3n) is 5.48. The van der Waals surface area contributed by atoms with Gasteiger partial charge in [-0.2, -0.15) is 32.3 Å². The first kappa shape index (κ1) is 22.5. The van der Waals surface area contributed by atoms with E-state index in [0.29, 0.717) is 31.5 Å². The van der Waals surface area contributed by atoms with Gasteiger partial charge in [0.15, 0.2) is 11.4 Å². The average Bonchev–Trinajstić information content (AvgIpc) is 3.40. The molecule has 3 aromatic heterocycles. The maximum Gasteiger partial charge on any atom is 0.434 e. The van der Waals surface area contributed by atoms with Crippen molar-refractivity contribution in [3.05, 3.63) is 47.5 Å². The predicted molar refractivity (Wildman–Crippen MR) is 106 cm³/mol. The standard InChI is InChI=1S/C20H18F5N7O/c21-19(22)32-9-13(14(8-26)30-32)18(33)28-12-6-4-11(5-7-12)27-16-2-1-3-17-29-15(10-31(16)17)20(23,24)25/h1-3,9-12,19,27H,4-7H2,(H,28,33)/t11-,12+. The molecule has 3 aromatic rings. The Labute approximate surface area is 184 Å². The van der Waals surface area contributed by atoms with Crippen LogP contribution in [0.15, 0.2) is 30.6 Å². The molecule has 0 unspecified atom stereocenters. The molecule has 0 saturated heterocycles. The molecule has 1 saturated carbocycles. The second-order valence-electron chi connectivity index (χ2n) is 7.69. The molecule has 0 radical (unpaired) electrons. The molecule has 13 heteroatoms. The molecule has 0 atom stereocenters. The lowest BCUT2D eigenvalue weighted by Gasteiger charge is -2.30. The van der Waals surface area contributed by atoms with Crippen LogP contribution in [0.25, 0.3) is 5.65 Å². The molecule has 33 heavy (non-hydrogen) atoms. The van der Waals surface area contributed by atoms with Crippen LogP contribution < -0.4 is 10.6 Å². The Bertz CT molecular complexity index is 1200. The molecule has 1 aliphatic rings. The third-order valence-corrected chi connectivity index (χ3v) is 5.48. The number of hydrogen-bond acceptors (Lipinski definition) is 5. The van der Waals surface area contributed by atoms with Crippen molar-refractivity contribution in [2.75, 3.05) is 5.32 Å². The van der Waals surface area contributed by atoms with Crippen LogP contribution in [0.3, 0.4) is 0 Å². The number of nitrogens with one attached hydrogen (secondary N) is 2. The van der Waals surface area contributed by atoms with Gasteiger partial charge in [-0.15, -0.1) is 0 Å². The Morgan fingerprint density at radius 3 is 2.48 bits per heavy atom. The van der Waals surface area contributed by atoms with Gasteiger partial charge in [0, 0.05) is 24.5 Å². The number of alkyl halides is 5. The summed E-state index contributed by atoms with van der Waals surface area (Å²) >= 11 is 0. The third kappa shape index (κ3) is 4.74. The highest BCUT2D eigenvalue weighted by molar-refractivity contribution is 5.96. The van der Waals surface area contributed by atoms with E-state index in [9.17, 15) is 26.7 Å². The Morgan fingerprint density at radius 1 is 1.15 bits per heavy atom. The number of carbonyl (C=O) groups excluding carboxylic acids is 1. The summed E-state index contributed by atoms with van der Waals surface area (Å²) in [5.41, 5.74) is -1.40. The molecule has 0 aliphatic heterocycles. The fourth-order valence-electron chi connectivity index (χ4n) is 3.86. The van der Waals surface area contributed by atoms with Gasteiger partial charge in [0.1, 0.15) is 17.5 Å². The summed E-state index contributed by atoms with van der Waals surface area (Å²) in [5.74, 6) is -0.182. The number of nitrogens with zero attached hydrogens (tertiary/aromatic N) is 5. The molecule has 8 nitrogen and oxygen atoms in total. The zero-order chi connectivity index (χ0) is 23.8. The summed E-state index contributed by atoms with van der Waals surface area (Å²) in [4.78, 5) is 16.1. The van der Waals surface area contributed by atoms with E-state index in [4.69, 9.17) is 5.26 Å². The SMILES string of the molecule is N#Cc1nn(C(F)F)cc1C(=O)N[C@H]1CC[C@@H](Nc2cccc3nc(C(F)(F)F)cn23)CC1. The number of nitriles is 1. The average molecular weight is 467 g/mol. The summed E-state index contributed by atoms with van der Waals surface area (Å²) < 4.78 is 66.1. The molecule has 0 aromatic carbocycles. The monoisotopic (exact) mass is 467 g/mol. The van der Waals surface area contributed by atoms with E-state index >= 15 is 0 Å². The number of pyridine rings is 1. The second kappa shape index (κ2) is 8.68. The topological polar surface area (TPSA) is 100 Å². The lowest BCUT2D eigenvalue weighted by atomic mass is 9.91. The summed E-state index contributed by atoms with van der Waals surface area (Å²) in [6.07, 6.45) is -0.420. The molecule has 0 spiro atoms. The maximum absolute atomic E-state index is 13.0. The van der Waals surface area contributed by atoms with Crippen LogP contribution in [0, 0.1) is 11.3 Å². The Balaban J connectivity index is 1.38. The number of halogens is 5. The van der Waals surface area contributed by atoms with Crippen LogP contribution in [0.2, 0.25) is 0 Å². The van der Waals surface area contributed by atoms with Crippen LogP contribution in [0.5, 0.6) is 0 Å². The molecule has 1 fully saturated rings. The first-order valence-electron chi connectivity index (χ1n) is 10.1. The van der Waals surface area contributed by atoms with Gasteiger partial charge < -0.3 is 10.6 Å². The van der Waals surface area contributed by atoms with E-state index in [0.717, 1.165) is 12.4 Å². The number of rotatable bonds is 5. The summed E-state index contributed by atoms with van der Waals surface area (Å²) in [6, 6.07) is 6.11. The van der Waals surface area contributed by atoms with Crippen molar-refractivity contribution in [3.63, 3.8) is 0 Å². The predicted octanol–water partition coefficient (Wildman–Crippen LogP) is 3.97. The van der Waals surface area contributed by atoms with E-state index in [2.05, 4.69) is 20.7 Å². The van der Waals surface area contributed by atoms with Crippen LogP contribution in [0.4, 0.5) is 27.8 Å². The van der Waals surface area contributed by atoms with Crippen LogP contribution in [0.1, 0.15) is 54.0 Å². The highest BCUT2D eigenvalue weighted by Gasteiger charge is 2.34. The fourth-order valence-corrected chi connectivity index (χ4v) is 3.86. The summed E-state index contributed by atoms with van der Waals surface area (Å²) in [7, 11) is 0. The lowest BCUT2D eigenvalue weighted by molar-refractivity contribution is -0.140. The highest BCUT2D eigenvalue weighted by Crippen LogP contribution is 2.30. The van der Waals surface area contributed by atoms with Gasteiger partial charge in [-0.25, -0.2) is 9.67 Å². The second-order valence-corrected chi connectivity index (χ2v) is 7.69. The summed E-state index contributed by atoms with van der Waals surface area (Å²) in [6.45, 7) is -2.97. The van der Waals surface area contributed by atoms with E-state index in [1.165, 1.54) is 10.5 Å². The van der Waals surface area contributed by atoms with Crippen LogP contribution in [-0.4, -0.2) is 37.2 Å². The molecule has 1 amide bonds. The van der Waals surface area contributed by atoms with Crippen molar-refractivity contribution in [1.29, 1.82) is 5.26 Å². The van der Waals surface area contributed by atoms with Crippen molar-refractivity contribution < 1.29 is 26.7 Å². The van der Waals surface area contributed by atoms with E-state index in [1.54, 1.807) is 18.2 Å². The number of aromatic nitrogens is 4. The molecule has 174 valence electrons. The zero-order valence-electron chi connectivity index (χ0n) is 17.0. The van der Waals surface area contributed by atoms with Gasteiger partial charge in [-0.3, -0.25) is 9.20 Å². The maximum atomic E-state index is 13.0. The zero-order valence-corrected chi connectivity index (χ0v) is 17.0. The normalized spacial score (nSPS) is 18.9. The molecular weight excluding hydrogens is 449 g/mol. The first-order valence-corrected chi connectivity index (χ1v) is 10.1. The van der Waals surface area contributed by atoms with Gasteiger partial charge in [0.25, 0.3) is 5.91 Å². The molecular formula is C20H18F5N7O. The molecule has 3 heterocycles. The number of carbonyl (C=O) groups is 1. The molecule has 2 N–H and O–H groups in total. The van der Waals surface area contributed by atoms with E-state index in [1.807, 2.05) is 0 Å². The highest BCUT2D eigenvalue weighted by atomic mass is 19.4.